The Hall–Kier alpha value is -3.61. The molecule has 1 N–H and O–H groups in total. The minimum absolute atomic E-state index is 0.0293. The number of hydrogen-bond donors (Lipinski definition) is 1. The SMILES string of the molecule is COCOc1ccc(-c2ccc3cc(O)ccc3c2C(=O)c2cc(C(C)C)c(O[SiH3])c(C(C)C)c2C(C)C)cc1. The van der Waals surface area contributed by atoms with Crippen LogP contribution in [0, 0.1) is 0 Å². The summed E-state index contributed by atoms with van der Waals surface area (Å²) in [6.45, 7) is 13.1. The fourth-order valence-corrected chi connectivity index (χ4v) is 6.01. The second-order valence-electron chi connectivity index (χ2n) is 11.1. The fourth-order valence-electron chi connectivity index (χ4n) is 5.56. The highest BCUT2D eigenvalue weighted by atomic mass is 28.2. The minimum atomic E-state index is -0.0293. The van der Waals surface area contributed by atoms with Crippen LogP contribution in [0.5, 0.6) is 17.2 Å². The number of fused-ring (bicyclic) bond motifs is 1. The highest BCUT2D eigenvalue weighted by molar-refractivity contribution is 6.21. The third-order valence-electron chi connectivity index (χ3n) is 7.35. The Bertz CT molecular complexity index is 1520. The first-order chi connectivity index (χ1) is 19.1. The van der Waals surface area contributed by atoms with Crippen molar-refractivity contribution in [3.8, 4) is 28.4 Å². The van der Waals surface area contributed by atoms with E-state index in [0.717, 1.165) is 44.3 Å². The van der Waals surface area contributed by atoms with Crippen LogP contribution in [0.3, 0.4) is 0 Å². The summed E-state index contributed by atoms with van der Waals surface area (Å²) in [5.41, 5.74) is 6.29. The Kier molecular flexibility index (Phi) is 9.01. The Morgan fingerprint density at radius 3 is 2.10 bits per heavy atom. The molecule has 0 saturated carbocycles. The van der Waals surface area contributed by atoms with E-state index in [0.29, 0.717) is 27.4 Å². The maximum absolute atomic E-state index is 14.9. The van der Waals surface area contributed by atoms with Crippen molar-refractivity contribution in [2.75, 3.05) is 13.9 Å². The van der Waals surface area contributed by atoms with Crippen LogP contribution in [0.25, 0.3) is 21.9 Å². The van der Waals surface area contributed by atoms with E-state index in [2.05, 4.69) is 47.6 Å². The van der Waals surface area contributed by atoms with Gasteiger partial charge < -0.3 is 19.0 Å². The Morgan fingerprint density at radius 2 is 1.52 bits per heavy atom. The molecule has 210 valence electrons. The summed E-state index contributed by atoms with van der Waals surface area (Å²) >= 11 is 0. The number of methoxy groups -OCH3 is 1. The summed E-state index contributed by atoms with van der Waals surface area (Å²) in [6, 6.07) is 18.9. The third-order valence-corrected chi connectivity index (χ3v) is 7.76. The second kappa shape index (κ2) is 12.3. The van der Waals surface area contributed by atoms with E-state index in [4.69, 9.17) is 13.9 Å². The van der Waals surface area contributed by atoms with E-state index in [9.17, 15) is 9.90 Å². The Morgan fingerprint density at radius 1 is 0.850 bits per heavy atom. The van der Waals surface area contributed by atoms with Crippen molar-refractivity contribution in [3.63, 3.8) is 0 Å². The summed E-state index contributed by atoms with van der Waals surface area (Å²) in [6.07, 6.45) is 0. The van der Waals surface area contributed by atoms with Gasteiger partial charge in [0.2, 0.25) is 10.5 Å². The first-order valence-electron chi connectivity index (χ1n) is 13.9. The van der Waals surface area contributed by atoms with Gasteiger partial charge >= 0.3 is 0 Å². The minimum Gasteiger partial charge on any atom is -0.553 e. The third kappa shape index (κ3) is 5.65. The number of ether oxygens (including phenoxy) is 2. The first-order valence-corrected chi connectivity index (χ1v) is 14.7. The molecule has 5 nitrogen and oxygen atoms in total. The maximum atomic E-state index is 14.9. The zero-order chi connectivity index (χ0) is 29.1. The predicted molar refractivity (Wildman–Crippen MR) is 166 cm³/mol. The zero-order valence-electron chi connectivity index (χ0n) is 24.8. The number of aromatic hydroxyl groups is 1. The molecule has 0 fully saturated rings. The average molecular weight is 557 g/mol. The molecule has 0 atom stereocenters. The number of ketones is 1. The first kappa shape index (κ1) is 29.4. The van der Waals surface area contributed by atoms with Crippen LogP contribution < -0.4 is 9.16 Å². The lowest BCUT2D eigenvalue weighted by atomic mass is 9.79. The molecule has 0 aliphatic carbocycles. The van der Waals surface area contributed by atoms with Crippen molar-refractivity contribution in [3.05, 3.63) is 88.5 Å². The highest BCUT2D eigenvalue weighted by Crippen LogP contribution is 2.44. The van der Waals surface area contributed by atoms with Crippen molar-refractivity contribution in [1.82, 2.24) is 0 Å². The Labute approximate surface area is 240 Å². The van der Waals surface area contributed by atoms with Gasteiger partial charge in [-0.05, 0) is 92.7 Å². The van der Waals surface area contributed by atoms with Crippen LogP contribution in [-0.2, 0) is 4.74 Å². The summed E-state index contributed by atoms with van der Waals surface area (Å²) in [5, 5.41) is 11.8. The quantitative estimate of drug-likeness (QED) is 0.125. The summed E-state index contributed by atoms with van der Waals surface area (Å²) < 4.78 is 16.7. The summed E-state index contributed by atoms with van der Waals surface area (Å²) in [7, 11) is 2.16. The van der Waals surface area contributed by atoms with E-state index >= 15 is 0 Å². The predicted octanol–water partition coefficient (Wildman–Crippen LogP) is 7.46. The molecule has 6 heteroatoms. The number of hydrogen-bond acceptors (Lipinski definition) is 5. The molecule has 0 unspecified atom stereocenters. The molecule has 4 aromatic rings. The molecule has 0 aliphatic rings. The number of rotatable bonds is 10. The van der Waals surface area contributed by atoms with Crippen molar-refractivity contribution in [2.24, 2.45) is 0 Å². The molecular formula is C34H40O5Si. The van der Waals surface area contributed by atoms with Gasteiger partial charge in [0.1, 0.15) is 17.2 Å². The lowest BCUT2D eigenvalue weighted by Crippen LogP contribution is -2.15. The zero-order valence-corrected chi connectivity index (χ0v) is 26.8. The number of benzene rings is 4. The van der Waals surface area contributed by atoms with Crippen LogP contribution in [0.1, 0.15) is 91.9 Å². The lowest BCUT2D eigenvalue weighted by molar-refractivity contribution is 0.0511. The molecule has 0 aromatic heterocycles. The topological polar surface area (TPSA) is 65.0 Å². The van der Waals surface area contributed by atoms with Crippen molar-refractivity contribution in [2.45, 2.75) is 59.3 Å². The summed E-state index contributed by atoms with van der Waals surface area (Å²) in [4.78, 5) is 14.9. The van der Waals surface area contributed by atoms with E-state index in [-0.39, 0.29) is 36.1 Å². The molecule has 0 aliphatic heterocycles. The van der Waals surface area contributed by atoms with Gasteiger partial charge in [0.25, 0.3) is 0 Å². The number of carbonyl (C=O) groups excluding carboxylic acids is 1. The van der Waals surface area contributed by atoms with Crippen molar-refractivity contribution in [1.29, 1.82) is 0 Å². The monoisotopic (exact) mass is 556 g/mol. The van der Waals surface area contributed by atoms with Crippen LogP contribution in [-0.4, -0.2) is 35.3 Å². The molecule has 0 heterocycles. The van der Waals surface area contributed by atoms with Crippen molar-refractivity contribution >= 4 is 27.0 Å². The van der Waals surface area contributed by atoms with Crippen molar-refractivity contribution < 1.29 is 23.8 Å². The van der Waals surface area contributed by atoms with Gasteiger partial charge in [-0.3, -0.25) is 4.79 Å². The molecule has 0 spiro atoms. The number of carbonyl (C=O) groups is 1. The molecule has 0 saturated heterocycles. The number of phenols is 1. The highest BCUT2D eigenvalue weighted by Gasteiger charge is 2.29. The van der Waals surface area contributed by atoms with Gasteiger partial charge in [-0.1, -0.05) is 65.8 Å². The number of phenolic OH excluding ortho intramolecular Hbond substituents is 1. The lowest BCUT2D eigenvalue weighted by Gasteiger charge is -2.27. The van der Waals surface area contributed by atoms with Gasteiger partial charge in [-0.15, -0.1) is 0 Å². The smallest absolute Gasteiger partial charge is 0.204 e. The normalized spacial score (nSPS) is 11.7. The Balaban J connectivity index is 2.04. The fraction of sp³-hybridized carbons (Fsp3) is 0.324. The van der Waals surface area contributed by atoms with Crippen LogP contribution >= 0.6 is 0 Å². The molecule has 0 amide bonds. The largest absolute Gasteiger partial charge is 0.553 e. The second-order valence-corrected chi connectivity index (χ2v) is 11.5. The van der Waals surface area contributed by atoms with Gasteiger partial charge in [0.05, 0.1) is 0 Å². The van der Waals surface area contributed by atoms with Gasteiger partial charge in [0.15, 0.2) is 12.6 Å². The average Bonchev–Trinajstić information content (AvgIpc) is 2.93. The molecule has 4 aromatic carbocycles. The van der Waals surface area contributed by atoms with Gasteiger partial charge in [0, 0.05) is 18.2 Å². The molecule has 4 rings (SSSR count). The van der Waals surface area contributed by atoms with E-state index < -0.39 is 0 Å². The van der Waals surface area contributed by atoms with Crippen LogP contribution in [0.2, 0.25) is 0 Å². The van der Waals surface area contributed by atoms with E-state index in [1.807, 2.05) is 42.5 Å². The van der Waals surface area contributed by atoms with Crippen LogP contribution in [0.4, 0.5) is 0 Å². The molecule has 0 bridgehead atoms. The molecule has 0 radical (unpaired) electrons. The van der Waals surface area contributed by atoms with Crippen LogP contribution in [0.15, 0.2) is 60.7 Å². The summed E-state index contributed by atoms with van der Waals surface area (Å²) in [5.74, 6) is 2.26. The van der Waals surface area contributed by atoms with E-state index in [1.54, 1.807) is 19.2 Å². The van der Waals surface area contributed by atoms with Gasteiger partial charge in [-0.2, -0.15) is 0 Å². The standard InChI is InChI=1S/C34H40O5Si/c1-19(2)28-17-29(30(20(3)4)31(21(5)6)34(28)39-40)33(36)32-26(14-10-23-16-24(35)11-15-27(23)32)22-8-12-25(13-9-22)38-18-37-7/h8-17,19-21,35H,18H2,1-7,40H3. The van der Waals surface area contributed by atoms with E-state index in [1.165, 1.54) is 0 Å². The molecule has 40 heavy (non-hydrogen) atoms. The van der Waals surface area contributed by atoms with Gasteiger partial charge in [-0.25, -0.2) is 0 Å². The maximum Gasteiger partial charge on any atom is 0.204 e. The molecular weight excluding hydrogens is 516 g/mol.